The highest BCUT2D eigenvalue weighted by atomic mass is 16.5. The van der Waals surface area contributed by atoms with Gasteiger partial charge in [-0.1, -0.05) is 13.0 Å². The summed E-state index contributed by atoms with van der Waals surface area (Å²) in [5.74, 6) is 1.53. The molecule has 1 aromatic rings. The Hall–Kier alpha value is -1.06. The van der Waals surface area contributed by atoms with Crippen molar-refractivity contribution in [2.75, 3.05) is 27.2 Å². The molecule has 112 valence electrons. The number of ether oxygens (including phenoxy) is 1. The molecule has 3 heteroatoms. The Morgan fingerprint density at radius 3 is 2.80 bits per heavy atom. The van der Waals surface area contributed by atoms with Crippen LogP contribution in [0, 0.1) is 6.92 Å². The number of piperidine rings is 1. The van der Waals surface area contributed by atoms with Gasteiger partial charge in [0.25, 0.3) is 0 Å². The molecule has 0 bridgehead atoms. The van der Waals surface area contributed by atoms with Crippen molar-refractivity contribution in [2.24, 2.45) is 0 Å². The van der Waals surface area contributed by atoms with Gasteiger partial charge in [-0.2, -0.15) is 0 Å². The molecule has 2 rings (SSSR count). The first kappa shape index (κ1) is 15.3. The zero-order valence-electron chi connectivity index (χ0n) is 13.4. The summed E-state index contributed by atoms with van der Waals surface area (Å²) in [5.41, 5.74) is 2.81. The first-order valence-corrected chi connectivity index (χ1v) is 7.66. The Morgan fingerprint density at radius 1 is 1.40 bits per heavy atom. The second kappa shape index (κ2) is 6.59. The van der Waals surface area contributed by atoms with Gasteiger partial charge in [-0.15, -0.1) is 0 Å². The quantitative estimate of drug-likeness (QED) is 0.915. The van der Waals surface area contributed by atoms with Crippen LogP contribution in [-0.4, -0.2) is 44.2 Å². The molecule has 0 saturated carbocycles. The van der Waals surface area contributed by atoms with Gasteiger partial charge in [-0.3, -0.25) is 0 Å². The summed E-state index contributed by atoms with van der Waals surface area (Å²) in [6.07, 6.45) is 1.20. The zero-order valence-corrected chi connectivity index (χ0v) is 13.4. The van der Waals surface area contributed by atoms with E-state index < -0.39 is 0 Å². The number of hydrogen-bond acceptors (Lipinski definition) is 3. The minimum atomic E-state index is 0.504. The van der Waals surface area contributed by atoms with Crippen LogP contribution in [0.15, 0.2) is 18.2 Å². The maximum absolute atomic E-state index is 5.41. The van der Waals surface area contributed by atoms with Gasteiger partial charge in [0.05, 0.1) is 7.11 Å². The Morgan fingerprint density at radius 2 is 2.15 bits per heavy atom. The Labute approximate surface area is 123 Å². The molecule has 1 saturated heterocycles. The van der Waals surface area contributed by atoms with Crippen molar-refractivity contribution in [2.45, 2.75) is 45.2 Å². The molecule has 3 nitrogen and oxygen atoms in total. The average molecular weight is 276 g/mol. The summed E-state index contributed by atoms with van der Waals surface area (Å²) >= 11 is 0. The summed E-state index contributed by atoms with van der Waals surface area (Å²) in [6, 6.07) is 7.52. The second-order valence-electron chi connectivity index (χ2n) is 5.92. The van der Waals surface area contributed by atoms with Crippen molar-refractivity contribution < 1.29 is 4.74 Å². The van der Waals surface area contributed by atoms with Gasteiger partial charge in [-0.05, 0) is 63.7 Å². The van der Waals surface area contributed by atoms with Crippen molar-refractivity contribution in [3.05, 3.63) is 29.3 Å². The SMILES string of the molecule is CCNC1C(c2cc(OC)ccc2C)CCN(C)C1C. The van der Waals surface area contributed by atoms with Gasteiger partial charge < -0.3 is 15.0 Å². The summed E-state index contributed by atoms with van der Waals surface area (Å²) < 4.78 is 5.41. The molecule has 3 atom stereocenters. The fraction of sp³-hybridized carbons (Fsp3) is 0.647. The normalized spacial score (nSPS) is 27.6. The monoisotopic (exact) mass is 276 g/mol. The summed E-state index contributed by atoms with van der Waals surface area (Å²) in [5, 5.41) is 3.70. The predicted octanol–water partition coefficient (Wildman–Crippen LogP) is 2.79. The standard InChI is InChI=1S/C17H28N2O/c1-6-18-17-13(3)19(4)10-9-15(17)16-11-14(20-5)8-7-12(16)2/h7-8,11,13,15,17-18H,6,9-10H2,1-5H3. The van der Waals surface area contributed by atoms with Crippen LogP contribution in [0.3, 0.4) is 0 Å². The lowest BCUT2D eigenvalue weighted by molar-refractivity contribution is 0.136. The minimum absolute atomic E-state index is 0.504. The third-order valence-electron chi connectivity index (χ3n) is 4.77. The van der Waals surface area contributed by atoms with Crippen molar-refractivity contribution >= 4 is 0 Å². The maximum Gasteiger partial charge on any atom is 0.119 e. The molecule has 1 aliphatic rings. The first-order valence-electron chi connectivity index (χ1n) is 7.66. The number of methoxy groups -OCH3 is 1. The van der Waals surface area contributed by atoms with E-state index in [-0.39, 0.29) is 0 Å². The van der Waals surface area contributed by atoms with Crippen LogP contribution in [0.2, 0.25) is 0 Å². The number of nitrogens with zero attached hydrogens (tertiary/aromatic N) is 1. The first-order chi connectivity index (χ1) is 9.58. The topological polar surface area (TPSA) is 24.5 Å². The molecule has 1 N–H and O–H groups in total. The highest BCUT2D eigenvalue weighted by molar-refractivity contribution is 5.38. The number of likely N-dealkylation sites (N-methyl/N-ethyl adjacent to an activating group) is 2. The van der Waals surface area contributed by atoms with E-state index in [9.17, 15) is 0 Å². The van der Waals surface area contributed by atoms with E-state index >= 15 is 0 Å². The highest BCUT2D eigenvalue weighted by Gasteiger charge is 2.34. The molecule has 0 amide bonds. The summed E-state index contributed by atoms with van der Waals surface area (Å²) in [4.78, 5) is 2.46. The van der Waals surface area contributed by atoms with E-state index in [4.69, 9.17) is 4.74 Å². The van der Waals surface area contributed by atoms with Crippen LogP contribution in [0.25, 0.3) is 0 Å². The van der Waals surface area contributed by atoms with Gasteiger partial charge in [0, 0.05) is 18.0 Å². The molecule has 20 heavy (non-hydrogen) atoms. The second-order valence-corrected chi connectivity index (χ2v) is 5.92. The van der Waals surface area contributed by atoms with Crippen LogP contribution >= 0.6 is 0 Å². The molecule has 0 radical (unpaired) electrons. The van der Waals surface area contributed by atoms with Gasteiger partial charge in [0.2, 0.25) is 0 Å². The molecule has 1 aliphatic heterocycles. The fourth-order valence-electron chi connectivity index (χ4n) is 3.38. The number of likely N-dealkylation sites (tertiary alicyclic amines) is 1. The Bertz CT molecular complexity index is 447. The molecule has 0 aromatic heterocycles. The van der Waals surface area contributed by atoms with Gasteiger partial charge in [0.1, 0.15) is 5.75 Å². The molecule has 1 fully saturated rings. The van der Waals surface area contributed by atoms with E-state index in [2.05, 4.69) is 56.2 Å². The van der Waals surface area contributed by atoms with Crippen molar-refractivity contribution in [3.63, 3.8) is 0 Å². The molecule has 1 aromatic carbocycles. The number of benzene rings is 1. The molecular formula is C17H28N2O. The highest BCUT2D eigenvalue weighted by Crippen LogP contribution is 2.34. The van der Waals surface area contributed by atoms with E-state index in [1.165, 1.54) is 17.5 Å². The lowest BCUT2D eigenvalue weighted by Gasteiger charge is -2.43. The third-order valence-corrected chi connectivity index (χ3v) is 4.77. The van der Waals surface area contributed by atoms with Crippen LogP contribution in [0.1, 0.15) is 37.3 Å². The van der Waals surface area contributed by atoms with Crippen molar-refractivity contribution in [3.8, 4) is 5.75 Å². The van der Waals surface area contributed by atoms with Crippen molar-refractivity contribution in [1.82, 2.24) is 10.2 Å². The lowest BCUT2D eigenvalue weighted by Crippen LogP contribution is -2.54. The average Bonchev–Trinajstić information content (AvgIpc) is 2.45. The largest absolute Gasteiger partial charge is 0.497 e. The van der Waals surface area contributed by atoms with E-state index in [1.807, 2.05) is 0 Å². The lowest BCUT2D eigenvalue weighted by atomic mass is 9.79. The number of hydrogen-bond donors (Lipinski definition) is 1. The number of rotatable bonds is 4. The molecule has 0 aliphatic carbocycles. The van der Waals surface area contributed by atoms with Crippen LogP contribution in [0.4, 0.5) is 0 Å². The third kappa shape index (κ3) is 2.99. The smallest absolute Gasteiger partial charge is 0.119 e. The van der Waals surface area contributed by atoms with E-state index in [1.54, 1.807) is 7.11 Å². The summed E-state index contributed by atoms with van der Waals surface area (Å²) in [7, 11) is 3.97. The van der Waals surface area contributed by atoms with Crippen molar-refractivity contribution in [1.29, 1.82) is 0 Å². The molecule has 1 heterocycles. The number of nitrogens with one attached hydrogen (secondary N) is 1. The van der Waals surface area contributed by atoms with E-state index in [0.29, 0.717) is 18.0 Å². The number of aryl methyl sites for hydroxylation is 1. The fourth-order valence-corrected chi connectivity index (χ4v) is 3.38. The molecule has 0 spiro atoms. The molecule has 3 unspecified atom stereocenters. The maximum atomic E-state index is 5.41. The van der Waals surface area contributed by atoms with Crippen LogP contribution in [-0.2, 0) is 0 Å². The van der Waals surface area contributed by atoms with Gasteiger partial charge in [0.15, 0.2) is 0 Å². The Kier molecular flexibility index (Phi) is 5.06. The Balaban J connectivity index is 2.33. The predicted molar refractivity (Wildman–Crippen MR) is 84.6 cm³/mol. The van der Waals surface area contributed by atoms with Crippen LogP contribution in [0.5, 0.6) is 5.75 Å². The molecular weight excluding hydrogens is 248 g/mol. The minimum Gasteiger partial charge on any atom is -0.497 e. The van der Waals surface area contributed by atoms with Crippen LogP contribution < -0.4 is 10.1 Å². The van der Waals surface area contributed by atoms with Gasteiger partial charge in [-0.25, -0.2) is 0 Å². The summed E-state index contributed by atoms with van der Waals surface area (Å²) in [6.45, 7) is 8.90. The van der Waals surface area contributed by atoms with E-state index in [0.717, 1.165) is 18.8 Å². The van der Waals surface area contributed by atoms with Gasteiger partial charge >= 0.3 is 0 Å². The zero-order chi connectivity index (χ0) is 14.7.